The molecule has 0 fully saturated rings. The third-order valence-corrected chi connectivity index (χ3v) is 8.98. The molecule has 0 heterocycles. The highest BCUT2D eigenvalue weighted by Crippen LogP contribution is 2.43. The first-order chi connectivity index (χ1) is 23.5. The second kappa shape index (κ2) is 32.1. The summed E-state index contributed by atoms with van der Waals surface area (Å²) in [4.78, 5) is 23.0. The van der Waals surface area contributed by atoms with Crippen molar-refractivity contribution in [2.75, 3.05) is 40.9 Å². The van der Waals surface area contributed by atoms with Crippen LogP contribution in [0.5, 0.6) is 0 Å². The Morgan fingerprint density at radius 3 is 1.80 bits per heavy atom. The lowest BCUT2D eigenvalue weighted by Crippen LogP contribution is -2.45. The quantitative estimate of drug-likeness (QED) is 0.0271. The summed E-state index contributed by atoms with van der Waals surface area (Å²) < 4.78 is 23.4. The summed E-state index contributed by atoms with van der Waals surface area (Å²) in [6.07, 6.45) is 40.0. The summed E-state index contributed by atoms with van der Waals surface area (Å²) in [6.45, 7) is 4.62. The molecule has 0 saturated heterocycles. The second-order valence-electron chi connectivity index (χ2n) is 13.9. The Labute approximate surface area is 301 Å². The van der Waals surface area contributed by atoms with Gasteiger partial charge in [0.15, 0.2) is 0 Å². The van der Waals surface area contributed by atoms with Crippen LogP contribution in [-0.4, -0.2) is 73.4 Å². The number of hydrogen-bond acceptors (Lipinski definition) is 5. The molecule has 0 aliphatic carbocycles. The molecule has 0 saturated carbocycles. The fourth-order valence-electron chi connectivity index (χ4n) is 4.91. The zero-order valence-corrected chi connectivity index (χ0v) is 32.8. The van der Waals surface area contributed by atoms with E-state index in [1.54, 1.807) is 6.08 Å². The fourth-order valence-corrected chi connectivity index (χ4v) is 5.65. The predicted molar refractivity (Wildman–Crippen MR) is 207 cm³/mol. The first-order valence-electron chi connectivity index (χ1n) is 19.2. The van der Waals surface area contributed by atoms with Crippen molar-refractivity contribution < 1.29 is 32.9 Å². The number of phosphoric acid groups is 1. The van der Waals surface area contributed by atoms with E-state index in [1.165, 1.54) is 51.4 Å². The molecule has 9 heteroatoms. The average Bonchev–Trinajstić information content (AvgIpc) is 3.04. The molecular formula is C40H74N2O6P+. The Kier molecular flexibility index (Phi) is 31.0. The minimum Gasteiger partial charge on any atom is -0.387 e. The highest BCUT2D eigenvalue weighted by molar-refractivity contribution is 7.47. The van der Waals surface area contributed by atoms with Crippen LogP contribution in [0.2, 0.25) is 0 Å². The average molecular weight is 710 g/mol. The lowest BCUT2D eigenvalue weighted by Gasteiger charge is -2.25. The van der Waals surface area contributed by atoms with Crippen LogP contribution in [0.4, 0.5) is 0 Å². The number of nitrogens with zero attached hydrogens (tertiary/aromatic N) is 1. The third-order valence-electron chi connectivity index (χ3n) is 7.99. The van der Waals surface area contributed by atoms with Crippen molar-refractivity contribution in [3.05, 3.63) is 60.8 Å². The van der Waals surface area contributed by atoms with Gasteiger partial charge >= 0.3 is 7.82 Å². The fraction of sp³-hybridized carbons (Fsp3) is 0.725. The number of aliphatic hydroxyl groups excluding tert-OH is 1. The van der Waals surface area contributed by atoms with Crippen LogP contribution >= 0.6 is 7.82 Å². The SMILES string of the molecule is CC/C=C\C/C=C\C/C=C\C/C=C\CCCCC(=O)NC(COP(=O)(O)OCC[N+](C)(C)C)C(O)/C=C/CCCCCCCCCCCC. The molecule has 0 aliphatic rings. The molecule has 0 radical (unpaired) electrons. The molecule has 0 aromatic rings. The van der Waals surface area contributed by atoms with E-state index in [-0.39, 0.29) is 19.1 Å². The molecule has 1 amide bonds. The number of unbranched alkanes of at least 4 members (excludes halogenated alkanes) is 12. The highest BCUT2D eigenvalue weighted by Gasteiger charge is 2.27. The van der Waals surface area contributed by atoms with Crippen molar-refractivity contribution in [2.45, 2.75) is 148 Å². The highest BCUT2D eigenvalue weighted by atomic mass is 31.2. The summed E-state index contributed by atoms with van der Waals surface area (Å²) in [6, 6.07) is -0.867. The Morgan fingerprint density at radius 2 is 1.22 bits per heavy atom. The van der Waals surface area contributed by atoms with Gasteiger partial charge in [-0.25, -0.2) is 4.57 Å². The van der Waals surface area contributed by atoms with Gasteiger partial charge in [0.2, 0.25) is 5.91 Å². The summed E-state index contributed by atoms with van der Waals surface area (Å²) in [5.41, 5.74) is 0. The van der Waals surface area contributed by atoms with Crippen molar-refractivity contribution in [3.8, 4) is 0 Å². The van der Waals surface area contributed by atoms with Crippen molar-refractivity contribution in [1.29, 1.82) is 0 Å². The first-order valence-corrected chi connectivity index (χ1v) is 20.7. The standard InChI is InChI=1S/C40H73N2O6P/c1-6-8-10-12-14-16-18-20-21-22-24-26-28-30-32-34-40(44)41-38(37-48-49(45,46)47-36-35-42(3,4)5)39(43)33-31-29-27-25-23-19-17-15-13-11-9-7-2/h8,10,14,16,20-21,24,26,31,33,38-39,43H,6-7,9,11-13,15,17-19,22-23,25,27-30,32,34-37H2,1-5H3,(H-,41,44,45,46)/p+1/b10-8-,16-14-,21-20-,26-24-,33-31+. The van der Waals surface area contributed by atoms with Gasteiger partial charge in [0.05, 0.1) is 39.9 Å². The number of hydrogen-bond donors (Lipinski definition) is 3. The van der Waals surface area contributed by atoms with Crippen molar-refractivity contribution in [3.63, 3.8) is 0 Å². The number of rotatable bonds is 33. The number of amides is 1. The largest absolute Gasteiger partial charge is 0.472 e. The van der Waals surface area contributed by atoms with E-state index in [9.17, 15) is 19.4 Å². The van der Waals surface area contributed by atoms with E-state index < -0.39 is 20.0 Å². The minimum atomic E-state index is -4.34. The zero-order chi connectivity index (χ0) is 36.5. The van der Waals surface area contributed by atoms with Crippen molar-refractivity contribution in [2.24, 2.45) is 0 Å². The number of likely N-dealkylation sites (N-methyl/N-ethyl adjacent to an activating group) is 1. The van der Waals surface area contributed by atoms with Gasteiger partial charge in [0.1, 0.15) is 13.2 Å². The van der Waals surface area contributed by atoms with E-state index in [2.05, 4.69) is 67.8 Å². The van der Waals surface area contributed by atoms with Crippen LogP contribution in [-0.2, 0) is 18.4 Å². The number of allylic oxidation sites excluding steroid dienone is 9. The Balaban J connectivity index is 4.64. The number of carbonyl (C=O) groups is 1. The predicted octanol–water partition coefficient (Wildman–Crippen LogP) is 9.90. The summed E-state index contributed by atoms with van der Waals surface area (Å²) >= 11 is 0. The molecule has 3 unspecified atom stereocenters. The Morgan fingerprint density at radius 1 is 0.714 bits per heavy atom. The number of phosphoric ester groups is 1. The van der Waals surface area contributed by atoms with Crippen LogP contribution < -0.4 is 5.32 Å². The maximum absolute atomic E-state index is 12.8. The molecule has 0 bridgehead atoms. The van der Waals surface area contributed by atoms with Crippen LogP contribution in [0.1, 0.15) is 136 Å². The second-order valence-corrected chi connectivity index (χ2v) is 15.4. The molecule has 284 valence electrons. The molecule has 49 heavy (non-hydrogen) atoms. The first kappa shape index (κ1) is 47.2. The van der Waals surface area contributed by atoms with Gasteiger partial charge in [-0.05, 0) is 57.8 Å². The van der Waals surface area contributed by atoms with Crippen molar-refractivity contribution >= 4 is 13.7 Å². The summed E-state index contributed by atoms with van der Waals surface area (Å²) in [5, 5.41) is 13.7. The normalized spacial score (nSPS) is 15.3. The lowest BCUT2D eigenvalue weighted by atomic mass is 10.1. The molecular weight excluding hydrogens is 635 g/mol. The van der Waals surface area contributed by atoms with Gasteiger partial charge in [0.25, 0.3) is 0 Å². The van der Waals surface area contributed by atoms with Gasteiger partial charge in [0, 0.05) is 6.42 Å². The topological polar surface area (TPSA) is 105 Å². The van der Waals surface area contributed by atoms with Gasteiger partial charge < -0.3 is 19.8 Å². The van der Waals surface area contributed by atoms with Gasteiger partial charge in [-0.2, -0.15) is 0 Å². The minimum absolute atomic E-state index is 0.0505. The van der Waals surface area contributed by atoms with E-state index in [0.717, 1.165) is 57.8 Å². The maximum atomic E-state index is 12.8. The van der Waals surface area contributed by atoms with Crippen LogP contribution in [0.25, 0.3) is 0 Å². The number of quaternary nitrogens is 1. The van der Waals surface area contributed by atoms with Crippen LogP contribution in [0.15, 0.2) is 60.8 Å². The summed E-state index contributed by atoms with van der Waals surface area (Å²) in [7, 11) is 1.53. The molecule has 0 aromatic carbocycles. The molecule has 3 atom stereocenters. The number of aliphatic hydroxyl groups is 1. The van der Waals surface area contributed by atoms with Gasteiger partial charge in [-0.15, -0.1) is 0 Å². The van der Waals surface area contributed by atoms with E-state index in [1.807, 2.05) is 27.2 Å². The number of nitrogens with one attached hydrogen (secondary N) is 1. The van der Waals surface area contributed by atoms with E-state index in [4.69, 9.17) is 9.05 Å². The smallest absolute Gasteiger partial charge is 0.387 e. The monoisotopic (exact) mass is 710 g/mol. The zero-order valence-electron chi connectivity index (χ0n) is 31.9. The Hall–Kier alpha value is -1.80. The molecule has 3 N–H and O–H groups in total. The molecule has 0 aliphatic heterocycles. The van der Waals surface area contributed by atoms with Gasteiger partial charge in [-0.1, -0.05) is 132 Å². The Bertz CT molecular complexity index is 986. The lowest BCUT2D eigenvalue weighted by molar-refractivity contribution is -0.870. The number of carbonyl (C=O) groups excluding carboxylic acids is 1. The molecule has 8 nitrogen and oxygen atoms in total. The third kappa shape index (κ3) is 34.4. The van der Waals surface area contributed by atoms with Crippen LogP contribution in [0.3, 0.4) is 0 Å². The molecule has 0 aromatic heterocycles. The maximum Gasteiger partial charge on any atom is 0.472 e. The van der Waals surface area contributed by atoms with Gasteiger partial charge in [-0.3, -0.25) is 13.8 Å². The van der Waals surface area contributed by atoms with E-state index >= 15 is 0 Å². The molecule has 0 rings (SSSR count). The van der Waals surface area contributed by atoms with Crippen LogP contribution in [0, 0.1) is 0 Å². The van der Waals surface area contributed by atoms with E-state index in [0.29, 0.717) is 23.9 Å². The molecule has 0 spiro atoms. The van der Waals surface area contributed by atoms with Crippen molar-refractivity contribution in [1.82, 2.24) is 5.32 Å². The summed E-state index contributed by atoms with van der Waals surface area (Å²) in [5.74, 6) is -0.223.